The molecule has 0 nitrogen and oxygen atoms in total. The molecule has 0 heteroatoms. The van der Waals surface area contributed by atoms with Crippen molar-refractivity contribution in [3.05, 3.63) is 0 Å². The molecule has 7 unspecified atom stereocenters. The molecule has 2 fully saturated rings. The molecule has 2 aliphatic carbocycles. The summed E-state index contributed by atoms with van der Waals surface area (Å²) in [5.74, 6) is 6.98. The predicted octanol–water partition coefficient (Wildman–Crippen LogP) is 12.4. The van der Waals surface area contributed by atoms with E-state index in [9.17, 15) is 0 Å². The summed E-state index contributed by atoms with van der Waals surface area (Å²) in [6.07, 6.45) is 34.4. The lowest BCUT2D eigenvalue weighted by Gasteiger charge is -2.33. The van der Waals surface area contributed by atoms with Gasteiger partial charge in [0.2, 0.25) is 0 Å². The summed E-state index contributed by atoms with van der Waals surface area (Å²) in [4.78, 5) is 0. The second kappa shape index (κ2) is 19.1. The Labute approximate surface area is 223 Å². The molecule has 35 heavy (non-hydrogen) atoms. The molecule has 7 atom stereocenters. The van der Waals surface area contributed by atoms with Crippen LogP contribution in [0.3, 0.4) is 0 Å². The molecule has 0 bridgehead atoms. The zero-order valence-corrected chi connectivity index (χ0v) is 25.3. The second-order valence-electron chi connectivity index (χ2n) is 13.7. The van der Waals surface area contributed by atoms with E-state index in [4.69, 9.17) is 0 Å². The first kappa shape index (κ1) is 31.2. The van der Waals surface area contributed by atoms with E-state index in [1.165, 1.54) is 122 Å². The van der Waals surface area contributed by atoms with Crippen molar-refractivity contribution in [2.45, 2.75) is 182 Å². The van der Waals surface area contributed by atoms with Gasteiger partial charge in [-0.1, -0.05) is 163 Å². The summed E-state index contributed by atoms with van der Waals surface area (Å²) < 4.78 is 0. The Morgan fingerprint density at radius 2 is 1.20 bits per heavy atom. The van der Waals surface area contributed by atoms with E-state index in [-0.39, 0.29) is 0 Å². The molecule has 2 aliphatic rings. The van der Waals surface area contributed by atoms with Crippen LogP contribution in [0.5, 0.6) is 0 Å². The lowest BCUT2D eigenvalue weighted by molar-refractivity contribution is 0.178. The number of rotatable bonds is 15. The smallest absolute Gasteiger partial charge is 0.0383 e. The first-order chi connectivity index (χ1) is 17.0. The highest BCUT2D eigenvalue weighted by atomic mass is 14.4. The van der Waals surface area contributed by atoms with Gasteiger partial charge in [0.05, 0.1) is 0 Å². The maximum Gasteiger partial charge on any atom is -0.0383 e. The van der Waals surface area contributed by atoms with Gasteiger partial charge in [-0.15, -0.1) is 0 Å². The minimum absolute atomic E-state index is 0.943. The molecule has 0 aliphatic heterocycles. The zero-order valence-electron chi connectivity index (χ0n) is 25.3. The van der Waals surface area contributed by atoms with E-state index in [1.54, 1.807) is 25.7 Å². The normalized spacial score (nSPS) is 30.6. The van der Waals surface area contributed by atoms with E-state index >= 15 is 0 Å². The first-order valence-corrected chi connectivity index (χ1v) is 17.0. The Morgan fingerprint density at radius 1 is 0.629 bits per heavy atom. The van der Waals surface area contributed by atoms with Crippen LogP contribution < -0.4 is 0 Å². The summed E-state index contributed by atoms with van der Waals surface area (Å²) >= 11 is 0. The third-order valence-corrected chi connectivity index (χ3v) is 11.0. The van der Waals surface area contributed by atoms with Crippen LogP contribution in [0.4, 0.5) is 0 Å². The Kier molecular flexibility index (Phi) is 17.1. The van der Waals surface area contributed by atoms with E-state index in [0.29, 0.717) is 0 Å². The van der Waals surface area contributed by atoms with Crippen LogP contribution in [0.2, 0.25) is 0 Å². The molecule has 0 spiro atoms. The molecule has 0 radical (unpaired) electrons. The SMILES string of the molecule is CCC(C)CCCCCCCCCC(C)C1CCC(CC2CCCCCCCCC(CC)C2C)C1. The molecule has 0 heterocycles. The van der Waals surface area contributed by atoms with Gasteiger partial charge in [-0.25, -0.2) is 0 Å². The van der Waals surface area contributed by atoms with Crippen LogP contribution in [0.15, 0.2) is 0 Å². The van der Waals surface area contributed by atoms with E-state index in [2.05, 4.69) is 34.6 Å². The fourth-order valence-electron chi connectivity index (χ4n) is 7.89. The Bertz CT molecular complexity index is 480. The standard InChI is InChI=1S/C35H68/c1-6-29(3)21-17-13-9-8-10-14-18-22-30(4)34-26-25-32(27-34)28-35-24-20-16-12-11-15-19-23-33(7-2)31(35)5/h29-35H,6-28H2,1-5H3. The van der Waals surface area contributed by atoms with Gasteiger partial charge in [0.1, 0.15) is 0 Å². The molecule has 0 aromatic rings. The summed E-state index contributed by atoms with van der Waals surface area (Å²) in [5, 5.41) is 0. The maximum atomic E-state index is 2.65. The largest absolute Gasteiger partial charge is 0.0651 e. The van der Waals surface area contributed by atoms with Crippen LogP contribution in [-0.2, 0) is 0 Å². The van der Waals surface area contributed by atoms with Gasteiger partial charge in [-0.05, 0) is 60.7 Å². The molecule has 0 aromatic carbocycles. The van der Waals surface area contributed by atoms with Crippen molar-refractivity contribution in [1.29, 1.82) is 0 Å². The molecule has 2 saturated carbocycles. The molecule has 0 saturated heterocycles. The van der Waals surface area contributed by atoms with Gasteiger partial charge in [-0.2, -0.15) is 0 Å². The monoisotopic (exact) mass is 489 g/mol. The third-order valence-electron chi connectivity index (χ3n) is 11.0. The molecule has 0 amide bonds. The van der Waals surface area contributed by atoms with Gasteiger partial charge < -0.3 is 0 Å². The average molecular weight is 489 g/mol. The maximum absolute atomic E-state index is 2.65. The van der Waals surface area contributed by atoms with Gasteiger partial charge in [0.25, 0.3) is 0 Å². The quantitative estimate of drug-likeness (QED) is 0.201. The Balaban J connectivity index is 1.62. The first-order valence-electron chi connectivity index (χ1n) is 17.0. The topological polar surface area (TPSA) is 0 Å². The fraction of sp³-hybridized carbons (Fsp3) is 1.00. The lowest BCUT2D eigenvalue weighted by atomic mass is 9.73. The Hall–Kier alpha value is 0. The summed E-state index contributed by atoms with van der Waals surface area (Å²) in [5.41, 5.74) is 0. The Morgan fingerprint density at radius 3 is 1.83 bits per heavy atom. The van der Waals surface area contributed by atoms with Crippen LogP contribution in [0.25, 0.3) is 0 Å². The van der Waals surface area contributed by atoms with Crippen molar-refractivity contribution >= 4 is 0 Å². The van der Waals surface area contributed by atoms with Crippen LogP contribution in [-0.4, -0.2) is 0 Å². The van der Waals surface area contributed by atoms with E-state index in [0.717, 1.165) is 41.4 Å². The molecular formula is C35H68. The van der Waals surface area contributed by atoms with Crippen LogP contribution >= 0.6 is 0 Å². The molecule has 0 N–H and O–H groups in total. The highest BCUT2D eigenvalue weighted by molar-refractivity contribution is 4.83. The second-order valence-corrected chi connectivity index (χ2v) is 13.7. The summed E-state index contributed by atoms with van der Waals surface area (Å²) in [6, 6.07) is 0. The fourth-order valence-corrected chi connectivity index (χ4v) is 7.89. The average Bonchev–Trinajstić information content (AvgIpc) is 3.32. The predicted molar refractivity (Wildman–Crippen MR) is 159 cm³/mol. The van der Waals surface area contributed by atoms with Crippen LogP contribution in [0.1, 0.15) is 182 Å². The van der Waals surface area contributed by atoms with Gasteiger partial charge in [-0.3, -0.25) is 0 Å². The summed E-state index contributed by atoms with van der Waals surface area (Å²) in [6.45, 7) is 12.5. The van der Waals surface area contributed by atoms with Gasteiger partial charge in [0.15, 0.2) is 0 Å². The minimum atomic E-state index is 0.943. The van der Waals surface area contributed by atoms with Crippen LogP contribution in [0, 0.1) is 41.4 Å². The number of hydrogen-bond donors (Lipinski definition) is 0. The molecule has 2 rings (SSSR count). The lowest BCUT2D eigenvalue weighted by Crippen LogP contribution is -2.23. The molecule has 0 aromatic heterocycles. The highest BCUT2D eigenvalue weighted by Crippen LogP contribution is 2.44. The van der Waals surface area contributed by atoms with E-state index in [1.807, 2.05) is 0 Å². The molecular weight excluding hydrogens is 420 g/mol. The van der Waals surface area contributed by atoms with Crippen molar-refractivity contribution in [2.24, 2.45) is 41.4 Å². The van der Waals surface area contributed by atoms with Gasteiger partial charge in [0, 0.05) is 0 Å². The van der Waals surface area contributed by atoms with Crippen molar-refractivity contribution in [2.75, 3.05) is 0 Å². The van der Waals surface area contributed by atoms with Crippen molar-refractivity contribution in [3.8, 4) is 0 Å². The zero-order chi connectivity index (χ0) is 25.3. The molecule has 208 valence electrons. The van der Waals surface area contributed by atoms with Crippen molar-refractivity contribution in [3.63, 3.8) is 0 Å². The number of unbranched alkanes of at least 4 members (excludes halogenated alkanes) is 6. The third kappa shape index (κ3) is 12.9. The highest BCUT2D eigenvalue weighted by Gasteiger charge is 2.32. The van der Waals surface area contributed by atoms with Crippen molar-refractivity contribution in [1.82, 2.24) is 0 Å². The minimum Gasteiger partial charge on any atom is -0.0651 e. The van der Waals surface area contributed by atoms with E-state index < -0.39 is 0 Å². The van der Waals surface area contributed by atoms with Crippen molar-refractivity contribution < 1.29 is 0 Å². The summed E-state index contributed by atoms with van der Waals surface area (Å²) in [7, 11) is 0. The number of hydrogen-bond acceptors (Lipinski definition) is 0. The van der Waals surface area contributed by atoms with Gasteiger partial charge >= 0.3 is 0 Å².